The summed E-state index contributed by atoms with van der Waals surface area (Å²) >= 11 is 0. The number of hydrogen-bond acceptors (Lipinski definition) is 7. The highest BCUT2D eigenvalue weighted by atomic mass is 31.2. The zero-order chi connectivity index (χ0) is 44.6. The molecule has 0 aromatic heterocycles. The van der Waals surface area contributed by atoms with Crippen molar-refractivity contribution in [2.75, 3.05) is 26.4 Å². The Morgan fingerprint density at radius 3 is 1.41 bits per heavy atom. The zero-order valence-corrected chi connectivity index (χ0v) is 40.0. The maximum absolute atomic E-state index is 12.1. The number of carbonyl (C=O) groups excluding carboxylic acids is 2. The third kappa shape index (κ3) is 48.6. The van der Waals surface area contributed by atoms with Gasteiger partial charge < -0.3 is 20.1 Å². The van der Waals surface area contributed by atoms with E-state index >= 15 is 0 Å². The van der Waals surface area contributed by atoms with E-state index in [2.05, 4.69) is 79.9 Å². The molecule has 0 heterocycles. The van der Waals surface area contributed by atoms with Crippen LogP contribution in [0.4, 0.5) is 0 Å². The lowest BCUT2D eigenvalue weighted by molar-refractivity contribution is -0.147. The van der Waals surface area contributed by atoms with E-state index in [0.717, 1.165) is 77.0 Å². The number of aliphatic hydroxyl groups excluding tert-OH is 1. The van der Waals surface area contributed by atoms with Gasteiger partial charge in [0.05, 0.1) is 13.2 Å². The molecule has 3 N–H and O–H groups in total. The highest BCUT2D eigenvalue weighted by Gasteiger charge is 2.23. The van der Waals surface area contributed by atoms with Gasteiger partial charge in [-0.2, -0.15) is 0 Å². The van der Waals surface area contributed by atoms with Crippen molar-refractivity contribution in [2.45, 2.75) is 225 Å². The van der Waals surface area contributed by atoms with Crippen LogP contribution < -0.4 is 5.32 Å². The average Bonchev–Trinajstić information content (AvgIpc) is 3.25. The van der Waals surface area contributed by atoms with E-state index < -0.39 is 26.5 Å². The van der Waals surface area contributed by atoms with Gasteiger partial charge in [-0.3, -0.25) is 18.6 Å². The summed E-state index contributed by atoms with van der Waals surface area (Å²) in [6.07, 6.45) is 57.3. The summed E-state index contributed by atoms with van der Waals surface area (Å²) in [4.78, 5) is 34.0. The molecule has 2 unspecified atom stereocenters. The minimum absolute atomic E-state index is 0.0787. The number of ether oxygens (including phenoxy) is 1. The zero-order valence-electron chi connectivity index (χ0n) is 39.1. The molecule has 0 aromatic carbocycles. The van der Waals surface area contributed by atoms with Gasteiger partial charge >= 0.3 is 13.8 Å². The van der Waals surface area contributed by atoms with E-state index in [4.69, 9.17) is 13.8 Å². The third-order valence-electron chi connectivity index (χ3n) is 10.4. The quantitative estimate of drug-likeness (QED) is 0.0238. The van der Waals surface area contributed by atoms with Gasteiger partial charge in [0.2, 0.25) is 5.91 Å². The SMILES string of the molecule is CC/C=C\C/C=C\C/C=C\CCCCCCCCCC(=O)OCC(O)COP(=O)(O)OCCNC(=O)CCCCCCCCCCCCCCC/C=C\C/C=C\CCCCC. The molecule has 354 valence electrons. The van der Waals surface area contributed by atoms with Crippen LogP contribution in [-0.2, 0) is 27.9 Å². The molecule has 0 aromatic rings. The topological polar surface area (TPSA) is 131 Å². The second-order valence-electron chi connectivity index (χ2n) is 16.4. The molecule has 0 fully saturated rings. The van der Waals surface area contributed by atoms with E-state index in [1.165, 1.54) is 116 Å². The first-order chi connectivity index (χ1) is 29.8. The van der Waals surface area contributed by atoms with Crippen molar-refractivity contribution < 1.29 is 37.9 Å². The summed E-state index contributed by atoms with van der Waals surface area (Å²) in [5, 5.41) is 12.7. The van der Waals surface area contributed by atoms with E-state index in [0.29, 0.717) is 6.42 Å². The first kappa shape index (κ1) is 58.7. The normalized spacial score (nSPS) is 13.7. The Hall–Kier alpha value is -2.29. The van der Waals surface area contributed by atoms with Crippen LogP contribution >= 0.6 is 7.82 Å². The molecule has 0 bridgehead atoms. The summed E-state index contributed by atoms with van der Waals surface area (Å²) in [5.41, 5.74) is 0. The van der Waals surface area contributed by atoms with Crippen molar-refractivity contribution in [3.63, 3.8) is 0 Å². The highest BCUT2D eigenvalue weighted by Crippen LogP contribution is 2.42. The largest absolute Gasteiger partial charge is 0.472 e. The van der Waals surface area contributed by atoms with Gasteiger partial charge in [0, 0.05) is 19.4 Å². The molecular weight excluding hydrogens is 786 g/mol. The summed E-state index contributed by atoms with van der Waals surface area (Å²) < 4.78 is 27.0. The van der Waals surface area contributed by atoms with Gasteiger partial charge in [-0.05, 0) is 77.0 Å². The third-order valence-corrected chi connectivity index (χ3v) is 11.4. The van der Waals surface area contributed by atoms with Gasteiger partial charge in [-0.1, -0.05) is 190 Å². The summed E-state index contributed by atoms with van der Waals surface area (Å²) in [5.74, 6) is -0.526. The van der Waals surface area contributed by atoms with E-state index in [1.807, 2.05) is 0 Å². The molecule has 0 aliphatic rings. The predicted octanol–water partition coefficient (Wildman–Crippen LogP) is 14.4. The highest BCUT2D eigenvalue weighted by molar-refractivity contribution is 7.47. The maximum atomic E-state index is 12.1. The molecule has 0 saturated heterocycles. The molecular formula is C51H92NO8P. The van der Waals surface area contributed by atoms with E-state index in [1.54, 1.807) is 0 Å². The summed E-state index contributed by atoms with van der Waals surface area (Å²) in [6, 6.07) is 0. The number of unbranched alkanes of at least 4 members (excludes halogenated alkanes) is 23. The molecule has 1 amide bonds. The van der Waals surface area contributed by atoms with Crippen molar-refractivity contribution in [1.29, 1.82) is 0 Å². The molecule has 0 radical (unpaired) electrons. The molecule has 0 aliphatic carbocycles. The molecule has 9 nitrogen and oxygen atoms in total. The molecule has 0 spiro atoms. The maximum Gasteiger partial charge on any atom is 0.472 e. The van der Waals surface area contributed by atoms with Crippen LogP contribution in [-0.4, -0.2) is 54.3 Å². The van der Waals surface area contributed by atoms with Crippen molar-refractivity contribution >= 4 is 19.7 Å². The number of aliphatic hydroxyl groups is 1. The summed E-state index contributed by atoms with van der Waals surface area (Å²) in [7, 11) is -4.43. The summed E-state index contributed by atoms with van der Waals surface area (Å²) in [6.45, 7) is 3.42. The van der Waals surface area contributed by atoms with Crippen molar-refractivity contribution in [3.8, 4) is 0 Å². The fraction of sp³-hybridized carbons (Fsp3) is 0.765. The Bertz CT molecular complexity index is 1180. The lowest BCUT2D eigenvalue weighted by atomic mass is 10.0. The van der Waals surface area contributed by atoms with Crippen molar-refractivity contribution in [1.82, 2.24) is 5.32 Å². The van der Waals surface area contributed by atoms with E-state index in [-0.39, 0.29) is 32.1 Å². The lowest BCUT2D eigenvalue weighted by Crippen LogP contribution is -2.27. The Morgan fingerprint density at radius 2 is 0.934 bits per heavy atom. The van der Waals surface area contributed by atoms with E-state index in [9.17, 15) is 24.2 Å². The first-order valence-electron chi connectivity index (χ1n) is 24.8. The Morgan fingerprint density at radius 1 is 0.525 bits per heavy atom. The number of esters is 1. The molecule has 0 aliphatic heterocycles. The lowest BCUT2D eigenvalue weighted by Gasteiger charge is -2.15. The van der Waals surface area contributed by atoms with Crippen molar-refractivity contribution in [2.24, 2.45) is 0 Å². The van der Waals surface area contributed by atoms with Crippen LogP contribution in [0.2, 0.25) is 0 Å². The minimum Gasteiger partial charge on any atom is -0.463 e. The second kappa shape index (κ2) is 47.2. The number of nitrogens with one attached hydrogen (secondary N) is 1. The molecule has 2 atom stereocenters. The smallest absolute Gasteiger partial charge is 0.463 e. The number of hydrogen-bond donors (Lipinski definition) is 3. The minimum atomic E-state index is -4.43. The Labute approximate surface area is 374 Å². The number of amides is 1. The van der Waals surface area contributed by atoms with Crippen LogP contribution in [0.5, 0.6) is 0 Å². The fourth-order valence-corrected chi connectivity index (χ4v) is 7.48. The molecule has 10 heteroatoms. The molecule has 0 saturated carbocycles. The number of rotatable bonds is 46. The predicted molar refractivity (Wildman–Crippen MR) is 256 cm³/mol. The number of allylic oxidation sites excluding steroid dienone is 10. The van der Waals surface area contributed by atoms with Gasteiger partial charge in [0.1, 0.15) is 12.7 Å². The van der Waals surface area contributed by atoms with Gasteiger partial charge in [-0.25, -0.2) is 4.57 Å². The first-order valence-corrected chi connectivity index (χ1v) is 26.3. The number of phosphoric ester groups is 1. The van der Waals surface area contributed by atoms with Crippen LogP contribution in [0.15, 0.2) is 60.8 Å². The average molecular weight is 878 g/mol. The van der Waals surface area contributed by atoms with Crippen molar-refractivity contribution in [3.05, 3.63) is 60.8 Å². The van der Waals surface area contributed by atoms with Gasteiger partial charge in [0.15, 0.2) is 0 Å². The fourth-order valence-electron chi connectivity index (χ4n) is 6.72. The standard InChI is InChI=1S/C51H92NO8P/c1-3-5-7-9-11-13-15-17-19-21-22-23-24-25-26-28-29-31-33-35-37-39-41-43-50(54)52-45-46-59-61(56,57)60-48-49(53)47-58-51(55)44-42-40-38-36-34-32-30-27-20-18-16-14-12-10-8-6-4-2/h6,8,11-14,17-20,49,53H,3-5,7,9-10,15-16,21-48H2,1-2H3,(H,52,54)(H,56,57)/b8-6-,13-11-,14-12-,19-17-,20-18-. The Balaban J connectivity index is 3.56. The second-order valence-corrected chi connectivity index (χ2v) is 17.9. The molecule has 61 heavy (non-hydrogen) atoms. The van der Waals surface area contributed by atoms with Crippen LogP contribution in [0, 0.1) is 0 Å². The van der Waals surface area contributed by atoms with Crippen LogP contribution in [0.25, 0.3) is 0 Å². The van der Waals surface area contributed by atoms with Gasteiger partial charge in [-0.15, -0.1) is 0 Å². The Kier molecular flexibility index (Phi) is 45.4. The van der Waals surface area contributed by atoms with Crippen LogP contribution in [0.1, 0.15) is 219 Å². The van der Waals surface area contributed by atoms with Gasteiger partial charge in [0.25, 0.3) is 0 Å². The van der Waals surface area contributed by atoms with Crippen LogP contribution in [0.3, 0.4) is 0 Å². The number of carbonyl (C=O) groups is 2. The molecule has 0 rings (SSSR count). The monoisotopic (exact) mass is 878 g/mol. The number of phosphoric acid groups is 1.